The second-order valence-corrected chi connectivity index (χ2v) is 11.5. The highest BCUT2D eigenvalue weighted by Crippen LogP contribution is 2.37. The number of hydrogen-bond donors (Lipinski definition) is 0. The molecule has 42 heavy (non-hydrogen) atoms. The van der Waals surface area contributed by atoms with E-state index < -0.39 is 23.6 Å². The Hall–Kier alpha value is -4.21. The third-order valence-electron chi connectivity index (χ3n) is 8.06. The van der Waals surface area contributed by atoms with Crippen molar-refractivity contribution in [3.63, 3.8) is 0 Å². The third-order valence-corrected chi connectivity index (χ3v) is 9.02. The number of likely N-dealkylation sites (tertiary alicyclic amines) is 1. The normalized spacial score (nSPS) is 19.4. The molecular weight excluding hydrogens is 560 g/mol. The number of benzene rings is 1. The minimum Gasteiger partial charge on any atom is -0.462 e. The summed E-state index contributed by atoms with van der Waals surface area (Å²) in [6.45, 7) is 5.05. The monoisotopic (exact) mass is 589 g/mol. The van der Waals surface area contributed by atoms with E-state index in [1.807, 2.05) is 41.6 Å². The van der Waals surface area contributed by atoms with Gasteiger partial charge in [-0.2, -0.15) is 15.2 Å². The Morgan fingerprint density at radius 1 is 1.24 bits per heavy atom. The van der Waals surface area contributed by atoms with Gasteiger partial charge in [-0.3, -0.25) is 9.78 Å². The van der Waals surface area contributed by atoms with Crippen molar-refractivity contribution in [3.8, 4) is 23.3 Å². The molecule has 4 aromatic rings. The van der Waals surface area contributed by atoms with Gasteiger partial charge in [0.05, 0.1) is 23.9 Å². The second kappa shape index (κ2) is 11.6. The van der Waals surface area contributed by atoms with Crippen LogP contribution in [-0.2, 0) is 4.79 Å². The number of nitriles is 1. The third kappa shape index (κ3) is 5.14. The predicted octanol–water partition coefficient (Wildman–Crippen LogP) is 4.93. The average molecular weight is 590 g/mol. The second-order valence-electron chi connectivity index (χ2n) is 10.6. The molecule has 2 saturated heterocycles. The van der Waals surface area contributed by atoms with E-state index in [9.17, 15) is 14.4 Å². The largest absolute Gasteiger partial charge is 0.462 e. The first-order valence-corrected chi connectivity index (χ1v) is 14.7. The van der Waals surface area contributed by atoms with Crippen molar-refractivity contribution in [2.45, 2.75) is 31.3 Å². The van der Waals surface area contributed by atoms with Crippen molar-refractivity contribution in [2.75, 3.05) is 44.7 Å². The molecule has 0 N–H and O–H groups in total. The molecule has 5 heterocycles. The molecule has 9 nitrogen and oxygen atoms in total. The van der Waals surface area contributed by atoms with Crippen LogP contribution in [0.4, 0.5) is 14.6 Å². The van der Waals surface area contributed by atoms with Crippen LogP contribution < -0.4 is 9.64 Å². The zero-order valence-electron chi connectivity index (χ0n) is 23.1. The smallest absolute Gasteiger partial charge is 0.319 e. The lowest BCUT2D eigenvalue weighted by Crippen LogP contribution is -2.55. The summed E-state index contributed by atoms with van der Waals surface area (Å²) in [4.78, 5) is 31.6. The number of fused-ring (bicyclic) bond motifs is 2. The van der Waals surface area contributed by atoms with Crippen LogP contribution in [0.15, 0.2) is 48.2 Å². The maximum Gasteiger partial charge on any atom is 0.319 e. The van der Waals surface area contributed by atoms with E-state index in [1.165, 1.54) is 16.2 Å². The van der Waals surface area contributed by atoms with E-state index in [1.54, 1.807) is 6.20 Å². The van der Waals surface area contributed by atoms with E-state index in [0.29, 0.717) is 23.4 Å². The number of pyridine rings is 1. The van der Waals surface area contributed by atoms with Gasteiger partial charge in [-0.25, -0.2) is 8.78 Å². The van der Waals surface area contributed by atoms with Crippen molar-refractivity contribution in [1.29, 1.82) is 5.26 Å². The molecule has 1 amide bonds. The van der Waals surface area contributed by atoms with E-state index in [4.69, 9.17) is 4.74 Å². The molecule has 2 fully saturated rings. The SMILES string of the molecule is C=C(F)C(=O)N1CCN(c2nc(OC[C@@H]3CCCN3C)nc3c(F)c(-c4cccc5ccsc45)ncc23)C[C@@H]1CC#N. The standard InChI is InChI=1S/C30H29F2N7O2S/c1-18(31)29(40)39-13-12-38(16-20(39)8-10-33)28-23-15-34-25(22-7-3-5-19-9-14-42-27(19)22)24(32)26(23)35-30(36-28)41-17-21-6-4-11-37(21)2/h3,5,7,9,14-15,20-21H,1,4,6,8,11-13,16-17H2,2H3/t20-,21-/m0/s1. The Morgan fingerprint density at radius 3 is 2.86 bits per heavy atom. The van der Waals surface area contributed by atoms with E-state index >= 15 is 4.39 Å². The number of piperazine rings is 1. The molecular formula is C30H29F2N7O2S. The van der Waals surface area contributed by atoms with Gasteiger partial charge in [-0.15, -0.1) is 11.3 Å². The molecule has 1 aromatic carbocycles. The fraction of sp³-hybridized carbons (Fsp3) is 0.367. The number of rotatable bonds is 7. The Kier molecular flexibility index (Phi) is 7.70. The average Bonchev–Trinajstić information content (AvgIpc) is 3.64. The fourth-order valence-corrected chi connectivity index (χ4v) is 6.72. The number of carbonyl (C=O) groups is 1. The highest BCUT2D eigenvalue weighted by molar-refractivity contribution is 7.17. The first kappa shape index (κ1) is 27.9. The molecule has 2 aliphatic rings. The van der Waals surface area contributed by atoms with Gasteiger partial charge in [0.2, 0.25) is 0 Å². The number of amides is 1. The summed E-state index contributed by atoms with van der Waals surface area (Å²) in [5.74, 6) is -2.12. The topological polar surface area (TPSA) is 98.5 Å². The summed E-state index contributed by atoms with van der Waals surface area (Å²) in [5.41, 5.74) is 0.923. The highest BCUT2D eigenvalue weighted by atomic mass is 32.1. The molecule has 0 bridgehead atoms. The van der Waals surface area contributed by atoms with Crippen LogP contribution in [0, 0.1) is 17.1 Å². The fourth-order valence-electron chi connectivity index (χ4n) is 5.81. The van der Waals surface area contributed by atoms with E-state index in [-0.39, 0.29) is 49.3 Å². The number of carbonyl (C=O) groups excluding carboxylic acids is 1. The molecule has 3 aromatic heterocycles. The van der Waals surface area contributed by atoms with Crippen LogP contribution in [0.25, 0.3) is 32.2 Å². The van der Waals surface area contributed by atoms with Gasteiger partial charge in [0.1, 0.15) is 23.6 Å². The number of thiophene rings is 1. The van der Waals surface area contributed by atoms with Gasteiger partial charge in [0, 0.05) is 42.1 Å². The lowest BCUT2D eigenvalue weighted by Gasteiger charge is -2.41. The number of likely N-dealkylation sites (N-methyl/N-ethyl adjacent to an activating group) is 1. The highest BCUT2D eigenvalue weighted by Gasteiger charge is 2.34. The van der Waals surface area contributed by atoms with Crippen LogP contribution in [0.2, 0.25) is 0 Å². The van der Waals surface area contributed by atoms with Gasteiger partial charge in [-0.05, 0) is 43.3 Å². The zero-order valence-corrected chi connectivity index (χ0v) is 23.9. The van der Waals surface area contributed by atoms with Crippen LogP contribution in [0.1, 0.15) is 19.3 Å². The van der Waals surface area contributed by atoms with Gasteiger partial charge in [-0.1, -0.05) is 24.8 Å². The molecule has 0 spiro atoms. The van der Waals surface area contributed by atoms with Gasteiger partial charge in [0.25, 0.3) is 5.91 Å². The number of nitrogens with zero attached hydrogens (tertiary/aromatic N) is 7. The summed E-state index contributed by atoms with van der Waals surface area (Å²) in [7, 11) is 2.04. The van der Waals surface area contributed by atoms with E-state index in [0.717, 1.165) is 29.5 Å². The summed E-state index contributed by atoms with van der Waals surface area (Å²) in [6, 6.07) is 9.37. The molecule has 0 unspecified atom stereocenters. The quantitative estimate of drug-likeness (QED) is 0.280. The molecule has 6 rings (SSSR count). The van der Waals surface area contributed by atoms with E-state index in [2.05, 4.69) is 32.5 Å². The number of hydrogen-bond acceptors (Lipinski definition) is 9. The zero-order chi connectivity index (χ0) is 29.4. The van der Waals surface area contributed by atoms with Crippen LogP contribution in [0.3, 0.4) is 0 Å². The number of ether oxygens (including phenoxy) is 1. The Labute approximate surface area is 245 Å². The van der Waals surface area contributed by atoms with Crippen LogP contribution in [0.5, 0.6) is 6.01 Å². The molecule has 0 aliphatic carbocycles. The van der Waals surface area contributed by atoms with Crippen molar-refractivity contribution in [3.05, 3.63) is 54.1 Å². The maximum absolute atomic E-state index is 16.4. The predicted molar refractivity (Wildman–Crippen MR) is 157 cm³/mol. The van der Waals surface area contributed by atoms with Gasteiger partial charge >= 0.3 is 6.01 Å². The maximum atomic E-state index is 16.4. The Morgan fingerprint density at radius 2 is 2.10 bits per heavy atom. The number of anilines is 1. The Bertz CT molecular complexity index is 1720. The molecule has 2 atom stereocenters. The molecule has 2 aliphatic heterocycles. The first-order chi connectivity index (χ1) is 20.4. The van der Waals surface area contributed by atoms with Crippen LogP contribution in [-0.4, -0.2) is 82.6 Å². The van der Waals surface area contributed by atoms with Crippen molar-refractivity contribution < 1.29 is 18.3 Å². The summed E-state index contributed by atoms with van der Waals surface area (Å²) < 4.78 is 37.1. The molecule has 0 radical (unpaired) electrons. The molecule has 0 saturated carbocycles. The van der Waals surface area contributed by atoms with Gasteiger partial charge in [0.15, 0.2) is 11.6 Å². The van der Waals surface area contributed by atoms with Crippen LogP contribution >= 0.6 is 11.3 Å². The number of aromatic nitrogens is 3. The molecule has 12 heteroatoms. The summed E-state index contributed by atoms with van der Waals surface area (Å²) >= 11 is 1.52. The minimum atomic E-state index is -1.08. The van der Waals surface area contributed by atoms with Gasteiger partial charge < -0.3 is 19.4 Å². The van der Waals surface area contributed by atoms with Crippen molar-refractivity contribution in [2.24, 2.45) is 0 Å². The minimum absolute atomic E-state index is 0.0164. The van der Waals surface area contributed by atoms with Crippen molar-refractivity contribution >= 4 is 44.1 Å². The summed E-state index contributed by atoms with van der Waals surface area (Å²) in [6.07, 6.45) is 3.60. The Balaban J connectivity index is 1.43. The molecule has 216 valence electrons. The summed E-state index contributed by atoms with van der Waals surface area (Å²) in [5, 5.41) is 12.8. The lowest BCUT2D eigenvalue weighted by molar-refractivity contribution is -0.131. The van der Waals surface area contributed by atoms with Crippen molar-refractivity contribution in [1.82, 2.24) is 24.8 Å². The lowest BCUT2D eigenvalue weighted by atomic mass is 10.1. The first-order valence-electron chi connectivity index (χ1n) is 13.8. The number of halogens is 2.